The predicted molar refractivity (Wildman–Crippen MR) is 92.9 cm³/mol. The van der Waals surface area contributed by atoms with Gasteiger partial charge in [0.2, 0.25) is 0 Å². The van der Waals surface area contributed by atoms with Gasteiger partial charge in [0.25, 0.3) is 0 Å². The monoisotopic (exact) mass is 360 g/mol. The van der Waals surface area contributed by atoms with E-state index < -0.39 is 0 Å². The number of hydrogen-bond acceptors (Lipinski definition) is 2. The summed E-state index contributed by atoms with van der Waals surface area (Å²) >= 11 is 5.33. The van der Waals surface area contributed by atoms with Gasteiger partial charge in [-0.25, -0.2) is 0 Å². The Bertz CT molecular complexity index is 770. The summed E-state index contributed by atoms with van der Waals surface area (Å²) < 4.78 is 3.52. The summed E-state index contributed by atoms with van der Waals surface area (Å²) in [6.45, 7) is 1.93. The van der Waals surface area contributed by atoms with Crippen molar-refractivity contribution in [2.24, 2.45) is 0 Å². The molecule has 2 nitrogen and oxygen atoms in total. The van der Waals surface area contributed by atoms with Gasteiger partial charge in [-0.05, 0) is 57.9 Å². The van der Waals surface area contributed by atoms with Crippen LogP contribution >= 0.6 is 27.3 Å². The van der Waals surface area contributed by atoms with E-state index in [-0.39, 0.29) is 0 Å². The number of fused-ring (bicyclic) bond motifs is 1. The minimum atomic E-state index is 0.760. The van der Waals surface area contributed by atoms with E-state index in [4.69, 9.17) is 0 Å². The van der Waals surface area contributed by atoms with Crippen molar-refractivity contribution in [1.29, 1.82) is 0 Å². The first kappa shape index (κ1) is 13.6. The number of hydrogen-bond donors (Lipinski definition) is 1. The minimum absolute atomic E-state index is 0.760. The van der Waals surface area contributed by atoms with Crippen LogP contribution in [0.5, 0.6) is 0 Å². The van der Waals surface area contributed by atoms with Gasteiger partial charge in [0.1, 0.15) is 0 Å². The van der Waals surface area contributed by atoms with Crippen molar-refractivity contribution in [1.82, 2.24) is 9.88 Å². The van der Waals surface area contributed by atoms with E-state index in [1.165, 1.54) is 38.7 Å². The van der Waals surface area contributed by atoms with E-state index in [0.717, 1.165) is 19.1 Å². The summed E-state index contributed by atoms with van der Waals surface area (Å²) in [5.74, 6) is 0. The predicted octanol–water partition coefficient (Wildman–Crippen LogP) is 4.77. The maximum atomic E-state index is 3.59. The number of benzene rings is 1. The molecule has 1 fully saturated rings. The van der Waals surface area contributed by atoms with Crippen LogP contribution in [0.2, 0.25) is 0 Å². The molecule has 0 amide bonds. The molecule has 2 aromatic heterocycles. The van der Waals surface area contributed by atoms with Crippen molar-refractivity contribution in [3.05, 3.63) is 56.8 Å². The lowest BCUT2D eigenvalue weighted by molar-refractivity contribution is 0.688. The van der Waals surface area contributed by atoms with Crippen LogP contribution in [-0.4, -0.2) is 10.6 Å². The lowest BCUT2D eigenvalue weighted by Crippen LogP contribution is -2.15. The SMILES string of the molecule is Brc1csc(Cn2ccc3ccc(CNC4CC4)cc32)c1. The second-order valence-electron chi connectivity index (χ2n) is 5.72. The highest BCUT2D eigenvalue weighted by molar-refractivity contribution is 9.10. The summed E-state index contributed by atoms with van der Waals surface area (Å²) in [6.07, 6.45) is 4.87. The average Bonchev–Trinajstić information content (AvgIpc) is 3.12. The van der Waals surface area contributed by atoms with Crippen molar-refractivity contribution in [2.75, 3.05) is 0 Å². The Balaban J connectivity index is 1.60. The molecule has 4 heteroatoms. The molecule has 1 aromatic carbocycles. The van der Waals surface area contributed by atoms with Crippen LogP contribution in [0.4, 0.5) is 0 Å². The number of nitrogens with one attached hydrogen (secondary N) is 1. The molecule has 1 aliphatic rings. The highest BCUT2D eigenvalue weighted by Gasteiger charge is 2.19. The third-order valence-corrected chi connectivity index (χ3v) is 5.64. The smallest absolute Gasteiger partial charge is 0.0569 e. The molecule has 0 saturated heterocycles. The topological polar surface area (TPSA) is 17.0 Å². The average molecular weight is 361 g/mol. The lowest BCUT2D eigenvalue weighted by atomic mass is 10.1. The van der Waals surface area contributed by atoms with Crippen LogP contribution in [0.3, 0.4) is 0 Å². The van der Waals surface area contributed by atoms with E-state index in [0.29, 0.717) is 0 Å². The van der Waals surface area contributed by atoms with Gasteiger partial charge >= 0.3 is 0 Å². The highest BCUT2D eigenvalue weighted by atomic mass is 79.9. The van der Waals surface area contributed by atoms with Crippen LogP contribution in [0.1, 0.15) is 23.3 Å². The molecule has 0 bridgehead atoms. The third kappa shape index (κ3) is 3.07. The van der Waals surface area contributed by atoms with E-state index >= 15 is 0 Å². The van der Waals surface area contributed by atoms with E-state index in [9.17, 15) is 0 Å². The van der Waals surface area contributed by atoms with Gasteiger partial charge in [-0.1, -0.05) is 12.1 Å². The Morgan fingerprint density at radius 2 is 2.14 bits per heavy atom. The number of rotatable bonds is 5. The molecule has 0 aliphatic heterocycles. The van der Waals surface area contributed by atoms with Crippen molar-refractivity contribution < 1.29 is 0 Å². The third-order valence-electron chi connectivity index (χ3n) is 3.96. The Labute approximate surface area is 136 Å². The summed E-state index contributed by atoms with van der Waals surface area (Å²) in [5.41, 5.74) is 2.70. The second kappa shape index (κ2) is 5.59. The fourth-order valence-electron chi connectivity index (χ4n) is 2.63. The summed E-state index contributed by atoms with van der Waals surface area (Å²) in [6, 6.07) is 12.0. The number of aromatic nitrogens is 1. The van der Waals surface area contributed by atoms with Crippen LogP contribution < -0.4 is 5.32 Å². The Kier molecular flexibility index (Phi) is 3.61. The van der Waals surface area contributed by atoms with Crippen LogP contribution in [0.25, 0.3) is 10.9 Å². The van der Waals surface area contributed by atoms with Crippen molar-refractivity contribution in [3.8, 4) is 0 Å². The standard InChI is InChI=1S/C17H17BrN2S/c18-14-8-16(21-11-14)10-20-6-5-13-2-1-12(7-17(13)20)9-19-15-3-4-15/h1-2,5-8,11,15,19H,3-4,9-10H2. The largest absolute Gasteiger partial charge is 0.342 e. The second-order valence-corrected chi connectivity index (χ2v) is 7.63. The molecule has 0 atom stereocenters. The van der Waals surface area contributed by atoms with Crippen LogP contribution in [0.15, 0.2) is 46.4 Å². The van der Waals surface area contributed by atoms with Gasteiger partial charge in [-0.2, -0.15) is 0 Å². The summed E-state index contributed by atoms with van der Waals surface area (Å²) in [7, 11) is 0. The molecule has 1 N–H and O–H groups in total. The van der Waals surface area contributed by atoms with E-state index in [1.807, 2.05) is 0 Å². The molecule has 108 valence electrons. The molecule has 2 heterocycles. The maximum Gasteiger partial charge on any atom is 0.0569 e. The van der Waals surface area contributed by atoms with Gasteiger partial charge in [0.05, 0.1) is 6.54 Å². The molecular formula is C17H17BrN2S. The first-order valence-corrected chi connectivity index (χ1v) is 8.99. The number of nitrogens with zero attached hydrogens (tertiary/aromatic N) is 1. The molecule has 0 spiro atoms. The molecule has 4 rings (SSSR count). The molecule has 21 heavy (non-hydrogen) atoms. The van der Waals surface area contributed by atoms with Gasteiger partial charge in [0.15, 0.2) is 0 Å². The zero-order chi connectivity index (χ0) is 14.2. The molecule has 0 radical (unpaired) electrons. The fourth-order valence-corrected chi connectivity index (χ4v) is 4.08. The quantitative estimate of drug-likeness (QED) is 0.693. The van der Waals surface area contributed by atoms with Crippen molar-refractivity contribution >= 4 is 38.2 Å². The first-order chi connectivity index (χ1) is 10.3. The minimum Gasteiger partial charge on any atom is -0.342 e. The summed E-state index contributed by atoms with van der Waals surface area (Å²) in [4.78, 5) is 1.38. The van der Waals surface area contributed by atoms with Crippen LogP contribution in [0, 0.1) is 0 Å². The zero-order valence-corrected chi connectivity index (χ0v) is 14.1. The van der Waals surface area contributed by atoms with Crippen LogP contribution in [-0.2, 0) is 13.1 Å². The highest BCUT2D eigenvalue weighted by Crippen LogP contribution is 2.24. The normalized spacial score (nSPS) is 14.9. The molecule has 0 unspecified atom stereocenters. The summed E-state index contributed by atoms with van der Waals surface area (Å²) in [5, 5.41) is 7.05. The van der Waals surface area contributed by atoms with Gasteiger partial charge in [-0.3, -0.25) is 0 Å². The molecule has 1 saturated carbocycles. The Morgan fingerprint density at radius 1 is 1.24 bits per heavy atom. The first-order valence-electron chi connectivity index (χ1n) is 7.32. The molecular weight excluding hydrogens is 344 g/mol. The van der Waals surface area contributed by atoms with Gasteiger partial charge in [0, 0.05) is 39.0 Å². The Hall–Kier alpha value is -1.10. The van der Waals surface area contributed by atoms with E-state index in [1.54, 1.807) is 11.3 Å². The van der Waals surface area contributed by atoms with Gasteiger partial charge < -0.3 is 9.88 Å². The lowest BCUT2D eigenvalue weighted by Gasteiger charge is -2.07. The molecule has 3 aromatic rings. The van der Waals surface area contributed by atoms with Crippen molar-refractivity contribution in [3.63, 3.8) is 0 Å². The van der Waals surface area contributed by atoms with E-state index in [2.05, 4.69) is 67.7 Å². The number of halogens is 1. The fraction of sp³-hybridized carbons (Fsp3) is 0.294. The molecule has 1 aliphatic carbocycles. The van der Waals surface area contributed by atoms with Gasteiger partial charge in [-0.15, -0.1) is 11.3 Å². The Morgan fingerprint density at radius 3 is 2.90 bits per heavy atom. The zero-order valence-electron chi connectivity index (χ0n) is 11.7. The van der Waals surface area contributed by atoms with Crippen molar-refractivity contribution in [2.45, 2.75) is 32.0 Å². The number of thiophene rings is 1. The maximum absolute atomic E-state index is 3.59.